The monoisotopic (exact) mass is 507 g/mol. The maximum Gasteiger partial charge on any atom is 0.273 e. The second kappa shape index (κ2) is 10.1. The molecule has 3 aromatic carbocycles. The van der Waals surface area contributed by atoms with E-state index in [0.717, 1.165) is 5.69 Å². The van der Waals surface area contributed by atoms with Gasteiger partial charge >= 0.3 is 0 Å². The summed E-state index contributed by atoms with van der Waals surface area (Å²) in [5.41, 5.74) is 4.27. The number of aromatic hydroxyl groups is 2. The SMILES string of the molecule is CCn1nc(C)cc1C(=O)Nc1ccc(C(=O)c2ccc3[nH]c(O)c(C=Nc4cccc(O)c4)c3c2)cc1. The van der Waals surface area contributed by atoms with E-state index in [9.17, 15) is 19.8 Å². The molecule has 0 aliphatic rings. The number of aromatic amines is 1. The first-order valence-electron chi connectivity index (χ1n) is 12.0. The van der Waals surface area contributed by atoms with Crippen LogP contribution in [0.3, 0.4) is 0 Å². The van der Waals surface area contributed by atoms with Gasteiger partial charge in [0.25, 0.3) is 5.91 Å². The van der Waals surface area contributed by atoms with Crippen LogP contribution >= 0.6 is 0 Å². The number of benzene rings is 3. The molecule has 2 aromatic heterocycles. The second-order valence-corrected chi connectivity index (χ2v) is 8.77. The molecule has 0 aliphatic carbocycles. The van der Waals surface area contributed by atoms with Crippen LogP contribution in [-0.2, 0) is 6.54 Å². The number of phenolic OH excluding ortho intramolecular Hbond substituents is 1. The minimum Gasteiger partial charge on any atom is -0.508 e. The molecule has 38 heavy (non-hydrogen) atoms. The number of anilines is 1. The summed E-state index contributed by atoms with van der Waals surface area (Å²) in [6, 6.07) is 19.9. The first-order valence-corrected chi connectivity index (χ1v) is 12.0. The molecule has 5 aromatic rings. The summed E-state index contributed by atoms with van der Waals surface area (Å²) >= 11 is 0. The predicted molar refractivity (Wildman–Crippen MR) is 146 cm³/mol. The van der Waals surface area contributed by atoms with Gasteiger partial charge in [0.15, 0.2) is 11.7 Å². The Kier molecular flexibility index (Phi) is 6.49. The molecule has 0 bridgehead atoms. The summed E-state index contributed by atoms with van der Waals surface area (Å²) < 4.78 is 1.64. The Balaban J connectivity index is 1.37. The summed E-state index contributed by atoms with van der Waals surface area (Å²) in [6.45, 7) is 4.33. The van der Waals surface area contributed by atoms with Gasteiger partial charge in [0.1, 0.15) is 11.4 Å². The Morgan fingerprint density at radius 3 is 2.53 bits per heavy atom. The molecule has 4 N–H and O–H groups in total. The van der Waals surface area contributed by atoms with Crippen LogP contribution in [0.5, 0.6) is 11.6 Å². The summed E-state index contributed by atoms with van der Waals surface area (Å²) in [6.07, 6.45) is 1.49. The third-order valence-electron chi connectivity index (χ3n) is 6.09. The molecule has 0 atom stereocenters. The summed E-state index contributed by atoms with van der Waals surface area (Å²) in [7, 11) is 0. The van der Waals surface area contributed by atoms with E-state index in [1.807, 2.05) is 13.8 Å². The lowest BCUT2D eigenvalue weighted by atomic mass is 10.0. The van der Waals surface area contributed by atoms with Gasteiger partial charge in [-0.15, -0.1) is 0 Å². The Hall–Kier alpha value is -5.18. The van der Waals surface area contributed by atoms with Crippen molar-refractivity contribution in [1.29, 1.82) is 0 Å². The Morgan fingerprint density at radius 2 is 1.79 bits per heavy atom. The number of nitrogens with zero attached hydrogens (tertiary/aromatic N) is 3. The number of ketones is 1. The van der Waals surface area contributed by atoms with Crippen LogP contribution in [0.2, 0.25) is 0 Å². The van der Waals surface area contributed by atoms with Gasteiger partial charge in [-0.2, -0.15) is 5.10 Å². The third kappa shape index (κ3) is 4.90. The van der Waals surface area contributed by atoms with Crippen molar-refractivity contribution in [1.82, 2.24) is 14.8 Å². The first-order chi connectivity index (χ1) is 18.3. The molecular formula is C29H25N5O4. The number of nitrogens with one attached hydrogen (secondary N) is 2. The number of rotatable bonds is 7. The number of amides is 1. The molecule has 0 saturated heterocycles. The van der Waals surface area contributed by atoms with E-state index in [1.54, 1.807) is 71.4 Å². The number of aryl methyl sites for hydroxylation is 2. The number of H-pyrrole nitrogens is 1. The van der Waals surface area contributed by atoms with Gasteiger partial charge in [-0.25, -0.2) is 0 Å². The maximum absolute atomic E-state index is 13.2. The standard InChI is InChI=1S/C29H25N5O4/c1-3-34-26(13-17(2)33-34)29(38)31-20-10-7-18(8-11-20)27(36)19-9-12-25-23(14-19)24(28(37)32-25)16-30-21-5-4-6-22(35)15-21/h4-16,32,35,37H,3H2,1-2H3,(H,31,38). The van der Waals surface area contributed by atoms with Crippen LogP contribution in [0.1, 0.15) is 44.6 Å². The van der Waals surface area contributed by atoms with Crippen LogP contribution in [0.4, 0.5) is 11.4 Å². The van der Waals surface area contributed by atoms with Crippen molar-refractivity contribution in [2.75, 3.05) is 5.32 Å². The number of phenols is 1. The minimum atomic E-state index is -0.274. The van der Waals surface area contributed by atoms with Gasteiger partial charge in [0, 0.05) is 46.5 Å². The molecular weight excluding hydrogens is 482 g/mol. The Morgan fingerprint density at radius 1 is 1.03 bits per heavy atom. The predicted octanol–water partition coefficient (Wildman–Crippen LogP) is 5.34. The largest absolute Gasteiger partial charge is 0.508 e. The highest BCUT2D eigenvalue weighted by molar-refractivity contribution is 6.12. The van der Waals surface area contributed by atoms with Gasteiger partial charge in [0.2, 0.25) is 0 Å². The fourth-order valence-electron chi connectivity index (χ4n) is 4.22. The highest BCUT2D eigenvalue weighted by Crippen LogP contribution is 2.29. The molecule has 9 heteroatoms. The lowest BCUT2D eigenvalue weighted by Gasteiger charge is -2.08. The number of carbonyl (C=O) groups is 2. The molecule has 1 amide bonds. The van der Waals surface area contributed by atoms with Gasteiger partial charge in [-0.1, -0.05) is 6.07 Å². The van der Waals surface area contributed by atoms with E-state index in [-0.39, 0.29) is 23.3 Å². The van der Waals surface area contributed by atoms with Crippen LogP contribution < -0.4 is 5.32 Å². The molecule has 0 unspecified atom stereocenters. The van der Waals surface area contributed by atoms with Crippen molar-refractivity contribution < 1.29 is 19.8 Å². The highest BCUT2D eigenvalue weighted by Gasteiger charge is 2.16. The third-order valence-corrected chi connectivity index (χ3v) is 6.09. The van der Waals surface area contributed by atoms with Crippen LogP contribution in [0, 0.1) is 6.92 Å². The summed E-state index contributed by atoms with van der Waals surface area (Å²) in [5.74, 6) is -0.470. The number of hydrogen-bond donors (Lipinski definition) is 4. The van der Waals surface area contributed by atoms with Crippen LogP contribution in [0.25, 0.3) is 10.9 Å². The second-order valence-electron chi connectivity index (χ2n) is 8.77. The van der Waals surface area contributed by atoms with Gasteiger partial charge in [-0.05, 0) is 74.5 Å². The van der Waals surface area contributed by atoms with E-state index in [4.69, 9.17) is 0 Å². The smallest absolute Gasteiger partial charge is 0.273 e. The van der Waals surface area contributed by atoms with Crippen molar-refractivity contribution >= 4 is 40.2 Å². The molecule has 2 heterocycles. The van der Waals surface area contributed by atoms with Crippen molar-refractivity contribution in [2.45, 2.75) is 20.4 Å². The number of fused-ring (bicyclic) bond motifs is 1. The zero-order valence-electron chi connectivity index (χ0n) is 20.8. The van der Waals surface area contributed by atoms with Crippen molar-refractivity contribution in [3.05, 3.63) is 101 Å². The molecule has 190 valence electrons. The average Bonchev–Trinajstić information content (AvgIpc) is 3.45. The fraction of sp³-hybridized carbons (Fsp3) is 0.103. The van der Waals surface area contributed by atoms with Crippen molar-refractivity contribution in [2.24, 2.45) is 4.99 Å². The number of aliphatic imine (C=N–C) groups is 1. The van der Waals surface area contributed by atoms with Crippen molar-refractivity contribution in [3.63, 3.8) is 0 Å². The average molecular weight is 508 g/mol. The Bertz CT molecular complexity index is 1700. The molecule has 0 aliphatic heterocycles. The molecule has 0 radical (unpaired) electrons. The topological polar surface area (TPSA) is 133 Å². The van der Waals surface area contributed by atoms with E-state index < -0.39 is 0 Å². The van der Waals surface area contributed by atoms with E-state index in [1.165, 1.54) is 12.3 Å². The molecule has 0 fully saturated rings. The molecule has 0 spiro atoms. The van der Waals surface area contributed by atoms with Crippen molar-refractivity contribution in [3.8, 4) is 11.6 Å². The molecule has 0 saturated carbocycles. The van der Waals surface area contributed by atoms with E-state index in [2.05, 4.69) is 20.4 Å². The zero-order chi connectivity index (χ0) is 26.8. The zero-order valence-corrected chi connectivity index (χ0v) is 20.8. The highest BCUT2D eigenvalue weighted by atomic mass is 16.3. The van der Waals surface area contributed by atoms with Crippen LogP contribution in [0.15, 0.2) is 77.8 Å². The first kappa shape index (κ1) is 24.5. The fourth-order valence-corrected chi connectivity index (χ4v) is 4.22. The van der Waals surface area contributed by atoms with Gasteiger partial charge < -0.3 is 20.5 Å². The molecule has 5 rings (SSSR count). The van der Waals surface area contributed by atoms with E-state index in [0.29, 0.717) is 51.2 Å². The summed E-state index contributed by atoms with van der Waals surface area (Å²) in [5, 5.41) is 27.8. The van der Waals surface area contributed by atoms with Gasteiger partial charge in [-0.3, -0.25) is 19.3 Å². The minimum absolute atomic E-state index is 0.0757. The van der Waals surface area contributed by atoms with Crippen LogP contribution in [-0.4, -0.2) is 42.9 Å². The lowest BCUT2D eigenvalue weighted by Crippen LogP contribution is -2.17. The van der Waals surface area contributed by atoms with Gasteiger partial charge in [0.05, 0.1) is 16.9 Å². The van der Waals surface area contributed by atoms with E-state index >= 15 is 0 Å². The number of aromatic nitrogens is 3. The number of hydrogen-bond acceptors (Lipinski definition) is 6. The Labute approximate surface area is 218 Å². The summed E-state index contributed by atoms with van der Waals surface area (Å²) in [4.78, 5) is 33.1. The lowest BCUT2D eigenvalue weighted by molar-refractivity contribution is 0.101. The quantitative estimate of drug-likeness (QED) is 0.174. The maximum atomic E-state index is 13.2. The molecule has 9 nitrogen and oxygen atoms in total. The normalized spacial score (nSPS) is 11.3. The number of carbonyl (C=O) groups excluding carboxylic acids is 2.